The molecule has 32 heavy (non-hydrogen) atoms. The lowest BCUT2D eigenvalue weighted by Gasteiger charge is -2.36. The van der Waals surface area contributed by atoms with E-state index in [1.807, 2.05) is 0 Å². The summed E-state index contributed by atoms with van der Waals surface area (Å²) in [4.78, 5) is 2.47. The van der Waals surface area contributed by atoms with Crippen LogP contribution in [0.2, 0.25) is 0 Å². The second-order valence-corrected chi connectivity index (χ2v) is 10.4. The van der Waals surface area contributed by atoms with Gasteiger partial charge in [0, 0.05) is 24.5 Å². The summed E-state index contributed by atoms with van der Waals surface area (Å²) < 4.78 is 2.36. The summed E-state index contributed by atoms with van der Waals surface area (Å²) in [5.74, 6) is 1.03. The SMILES string of the molecule is C=C(NC1CCCC1)N1Cc2ccccc2-n2cccc2C1c1ccc(C(C)(C)C)cc1. The van der Waals surface area contributed by atoms with Crippen LogP contribution in [0.5, 0.6) is 0 Å². The van der Waals surface area contributed by atoms with Gasteiger partial charge in [-0.15, -0.1) is 0 Å². The van der Waals surface area contributed by atoms with E-state index in [-0.39, 0.29) is 11.5 Å². The number of hydrogen-bond donors (Lipinski definition) is 1. The van der Waals surface area contributed by atoms with Gasteiger partial charge in [0.2, 0.25) is 0 Å². The van der Waals surface area contributed by atoms with Crippen LogP contribution in [0.25, 0.3) is 5.69 Å². The molecule has 5 rings (SSSR count). The molecule has 3 heteroatoms. The average Bonchev–Trinajstić information content (AvgIpc) is 3.43. The highest BCUT2D eigenvalue weighted by Gasteiger charge is 2.31. The van der Waals surface area contributed by atoms with Crippen molar-refractivity contribution in [2.75, 3.05) is 0 Å². The van der Waals surface area contributed by atoms with Crippen molar-refractivity contribution in [1.82, 2.24) is 14.8 Å². The molecule has 166 valence electrons. The normalized spacial score (nSPS) is 18.7. The summed E-state index contributed by atoms with van der Waals surface area (Å²) >= 11 is 0. The largest absolute Gasteiger partial charge is 0.369 e. The number of nitrogens with zero attached hydrogens (tertiary/aromatic N) is 2. The quantitative estimate of drug-likeness (QED) is 0.503. The fourth-order valence-electron chi connectivity index (χ4n) is 5.31. The van der Waals surface area contributed by atoms with Gasteiger partial charge >= 0.3 is 0 Å². The van der Waals surface area contributed by atoms with Gasteiger partial charge < -0.3 is 14.8 Å². The monoisotopic (exact) mass is 425 g/mol. The van der Waals surface area contributed by atoms with Crippen LogP contribution in [0.1, 0.15) is 74.9 Å². The van der Waals surface area contributed by atoms with Crippen LogP contribution in [-0.2, 0) is 12.0 Å². The third-order valence-electron chi connectivity index (χ3n) is 7.13. The summed E-state index contributed by atoms with van der Waals surface area (Å²) in [6.45, 7) is 12.2. The predicted octanol–water partition coefficient (Wildman–Crippen LogP) is 6.68. The molecule has 0 amide bonds. The van der Waals surface area contributed by atoms with Gasteiger partial charge in [-0.05, 0) is 53.1 Å². The first-order chi connectivity index (χ1) is 15.4. The molecule has 1 aliphatic heterocycles. The molecule has 2 aliphatic rings. The number of nitrogens with one attached hydrogen (secondary N) is 1. The van der Waals surface area contributed by atoms with E-state index in [2.05, 4.69) is 109 Å². The molecule has 1 N–H and O–H groups in total. The van der Waals surface area contributed by atoms with Gasteiger partial charge in [-0.2, -0.15) is 0 Å². The molecule has 1 aromatic heterocycles. The molecule has 1 unspecified atom stereocenters. The standard InChI is InChI=1S/C29H35N3/c1-21(30-25-11-6-7-12-25)32-20-23-10-5-8-13-26(23)31-19-9-14-27(31)28(32)22-15-17-24(18-16-22)29(2,3)4/h5,8-10,13-19,25,28,30H,1,6-7,11-12,20H2,2-4H3. The molecule has 1 fully saturated rings. The zero-order chi connectivity index (χ0) is 22.3. The molecular formula is C29H35N3. The Kier molecular flexibility index (Phi) is 5.36. The zero-order valence-electron chi connectivity index (χ0n) is 19.6. The highest BCUT2D eigenvalue weighted by atomic mass is 15.3. The van der Waals surface area contributed by atoms with Crippen LogP contribution < -0.4 is 5.32 Å². The number of fused-ring (bicyclic) bond motifs is 3. The first-order valence-electron chi connectivity index (χ1n) is 12.0. The maximum absolute atomic E-state index is 4.55. The third-order valence-corrected chi connectivity index (χ3v) is 7.13. The maximum Gasteiger partial charge on any atom is 0.0966 e. The van der Waals surface area contributed by atoms with E-state index in [4.69, 9.17) is 0 Å². The fourth-order valence-corrected chi connectivity index (χ4v) is 5.31. The van der Waals surface area contributed by atoms with Gasteiger partial charge in [0.15, 0.2) is 0 Å². The maximum atomic E-state index is 4.55. The minimum absolute atomic E-state index is 0.104. The van der Waals surface area contributed by atoms with Crippen LogP contribution in [0.15, 0.2) is 79.3 Å². The number of benzene rings is 2. The summed E-state index contributed by atoms with van der Waals surface area (Å²) in [5.41, 5.74) is 6.69. The van der Waals surface area contributed by atoms with Crippen LogP contribution in [0, 0.1) is 0 Å². The second-order valence-electron chi connectivity index (χ2n) is 10.4. The molecule has 3 aromatic rings. The highest BCUT2D eigenvalue weighted by molar-refractivity contribution is 5.48. The van der Waals surface area contributed by atoms with Crippen LogP contribution in [0.3, 0.4) is 0 Å². The van der Waals surface area contributed by atoms with Crippen molar-refractivity contribution in [1.29, 1.82) is 0 Å². The van der Waals surface area contributed by atoms with E-state index in [1.165, 1.54) is 53.8 Å². The second kappa shape index (κ2) is 8.20. The molecule has 2 heterocycles. The van der Waals surface area contributed by atoms with Crippen molar-refractivity contribution in [3.63, 3.8) is 0 Å². The van der Waals surface area contributed by atoms with E-state index in [1.54, 1.807) is 0 Å². The van der Waals surface area contributed by atoms with Gasteiger partial charge in [0.1, 0.15) is 0 Å². The Bertz CT molecular complexity index is 1090. The van der Waals surface area contributed by atoms with Gasteiger partial charge in [0.05, 0.1) is 17.6 Å². The molecule has 1 aliphatic carbocycles. The average molecular weight is 426 g/mol. The van der Waals surface area contributed by atoms with Crippen molar-refractivity contribution in [2.24, 2.45) is 0 Å². The third kappa shape index (κ3) is 3.85. The lowest BCUT2D eigenvalue weighted by atomic mass is 9.86. The first-order valence-corrected chi connectivity index (χ1v) is 12.0. The summed E-state index contributed by atoms with van der Waals surface area (Å²) in [6.07, 6.45) is 7.31. The van der Waals surface area contributed by atoms with Crippen molar-refractivity contribution in [3.05, 3.63) is 102 Å². The number of hydrogen-bond acceptors (Lipinski definition) is 2. The molecular weight excluding hydrogens is 390 g/mol. The highest BCUT2D eigenvalue weighted by Crippen LogP contribution is 2.39. The summed E-state index contributed by atoms with van der Waals surface area (Å²) in [6, 6.07) is 23.1. The number of para-hydroxylation sites is 1. The molecule has 3 nitrogen and oxygen atoms in total. The van der Waals surface area contributed by atoms with Crippen LogP contribution in [-0.4, -0.2) is 15.5 Å². The molecule has 2 aromatic carbocycles. The van der Waals surface area contributed by atoms with E-state index < -0.39 is 0 Å². The predicted molar refractivity (Wildman–Crippen MR) is 133 cm³/mol. The molecule has 0 saturated heterocycles. The van der Waals surface area contributed by atoms with E-state index >= 15 is 0 Å². The van der Waals surface area contributed by atoms with E-state index in [0.29, 0.717) is 6.04 Å². The lowest BCUT2D eigenvalue weighted by Crippen LogP contribution is -2.38. The molecule has 1 atom stereocenters. The topological polar surface area (TPSA) is 20.2 Å². The lowest BCUT2D eigenvalue weighted by molar-refractivity contribution is 0.253. The van der Waals surface area contributed by atoms with Crippen molar-refractivity contribution >= 4 is 0 Å². The zero-order valence-corrected chi connectivity index (χ0v) is 19.6. The molecule has 1 saturated carbocycles. The molecule has 0 spiro atoms. The fraction of sp³-hybridized carbons (Fsp3) is 0.379. The van der Waals surface area contributed by atoms with Gasteiger partial charge in [-0.1, -0.05) is 82.7 Å². The minimum atomic E-state index is 0.104. The van der Waals surface area contributed by atoms with Gasteiger partial charge in [-0.25, -0.2) is 0 Å². The van der Waals surface area contributed by atoms with Crippen molar-refractivity contribution in [2.45, 2.75) is 70.5 Å². The molecule has 0 bridgehead atoms. The Morgan fingerprint density at radius 2 is 1.66 bits per heavy atom. The Balaban J connectivity index is 1.60. The van der Waals surface area contributed by atoms with Gasteiger partial charge in [0.25, 0.3) is 0 Å². The van der Waals surface area contributed by atoms with Crippen LogP contribution in [0.4, 0.5) is 0 Å². The Morgan fingerprint density at radius 3 is 2.38 bits per heavy atom. The Labute approximate surface area is 192 Å². The van der Waals surface area contributed by atoms with E-state index in [9.17, 15) is 0 Å². The Hall–Kier alpha value is -2.94. The number of rotatable bonds is 4. The van der Waals surface area contributed by atoms with E-state index in [0.717, 1.165) is 12.4 Å². The molecule has 0 radical (unpaired) electrons. The van der Waals surface area contributed by atoms with Gasteiger partial charge in [-0.3, -0.25) is 0 Å². The minimum Gasteiger partial charge on any atom is -0.369 e. The Morgan fingerprint density at radius 1 is 0.938 bits per heavy atom. The van der Waals surface area contributed by atoms with Crippen molar-refractivity contribution in [3.8, 4) is 5.69 Å². The smallest absolute Gasteiger partial charge is 0.0966 e. The van der Waals surface area contributed by atoms with Crippen molar-refractivity contribution < 1.29 is 0 Å². The van der Waals surface area contributed by atoms with Crippen LogP contribution >= 0.6 is 0 Å². The summed E-state index contributed by atoms with van der Waals surface area (Å²) in [5, 5.41) is 3.79. The first kappa shape index (κ1) is 20.9. The number of aromatic nitrogens is 1. The summed E-state index contributed by atoms with van der Waals surface area (Å²) in [7, 11) is 0.